The van der Waals surface area contributed by atoms with Crippen molar-refractivity contribution in [3.05, 3.63) is 59.7 Å². The molecule has 2 heteroatoms. The van der Waals surface area contributed by atoms with E-state index in [9.17, 15) is 0 Å². The summed E-state index contributed by atoms with van der Waals surface area (Å²) < 4.78 is 0. The number of rotatable bonds is 1. The normalized spacial score (nSPS) is 14.0. The fourth-order valence-corrected chi connectivity index (χ4v) is 2.79. The number of aromatic hydroxyl groups is 2. The van der Waals surface area contributed by atoms with Gasteiger partial charge in [-0.15, -0.1) is 0 Å². The quantitative estimate of drug-likeness (QED) is 0.618. The molecule has 0 radical (unpaired) electrons. The second kappa shape index (κ2) is 10.7. The van der Waals surface area contributed by atoms with Gasteiger partial charge in [-0.05, 0) is 48.9 Å². The van der Waals surface area contributed by atoms with Crippen molar-refractivity contribution in [3.8, 4) is 11.5 Å². The predicted molar refractivity (Wildman–Crippen MR) is 98.1 cm³/mol. The maximum absolute atomic E-state index is 8.85. The lowest BCUT2D eigenvalue weighted by Crippen LogP contribution is -2.03. The lowest BCUT2D eigenvalue weighted by atomic mass is 9.84. The molecule has 126 valence electrons. The van der Waals surface area contributed by atoms with E-state index in [0.717, 1.165) is 11.5 Å². The Morgan fingerprint density at radius 3 is 1.91 bits per heavy atom. The molecule has 2 N–H and O–H groups in total. The van der Waals surface area contributed by atoms with Gasteiger partial charge in [0.25, 0.3) is 0 Å². The molecule has 0 amide bonds. The topological polar surface area (TPSA) is 40.5 Å². The second-order valence-corrected chi connectivity index (χ2v) is 5.74. The zero-order valence-electron chi connectivity index (χ0n) is 14.6. The Morgan fingerprint density at radius 2 is 1.39 bits per heavy atom. The van der Waals surface area contributed by atoms with Crippen LogP contribution >= 0.6 is 0 Å². The van der Waals surface area contributed by atoms with Crippen molar-refractivity contribution in [1.82, 2.24) is 0 Å². The van der Waals surface area contributed by atoms with Crippen LogP contribution in [0.4, 0.5) is 0 Å². The highest BCUT2D eigenvalue weighted by Crippen LogP contribution is 2.32. The molecule has 2 nitrogen and oxygen atoms in total. The van der Waals surface area contributed by atoms with Gasteiger partial charge >= 0.3 is 0 Å². The third-order valence-electron chi connectivity index (χ3n) is 4.01. The highest BCUT2D eigenvalue weighted by molar-refractivity contribution is 5.39. The van der Waals surface area contributed by atoms with Gasteiger partial charge < -0.3 is 10.2 Å². The minimum absolute atomic E-state index is 0.0602. The number of benzene rings is 2. The van der Waals surface area contributed by atoms with Crippen LogP contribution in [0.2, 0.25) is 0 Å². The van der Waals surface area contributed by atoms with Crippen molar-refractivity contribution in [1.29, 1.82) is 0 Å². The molecular formula is C21H30O2. The largest absolute Gasteiger partial charge is 0.504 e. The molecule has 0 aliphatic heterocycles. The van der Waals surface area contributed by atoms with Crippen LogP contribution in [-0.4, -0.2) is 10.2 Å². The first-order chi connectivity index (χ1) is 11.2. The van der Waals surface area contributed by atoms with Crippen LogP contribution in [0.5, 0.6) is 11.5 Å². The van der Waals surface area contributed by atoms with E-state index in [0.29, 0.717) is 0 Å². The van der Waals surface area contributed by atoms with Crippen molar-refractivity contribution in [2.75, 3.05) is 0 Å². The number of hydrogen-bond donors (Lipinski definition) is 2. The second-order valence-electron chi connectivity index (χ2n) is 5.74. The van der Waals surface area contributed by atoms with Crippen LogP contribution in [0.25, 0.3) is 0 Å². The Balaban J connectivity index is 0.000000215. The molecule has 1 saturated carbocycles. The standard InChI is InChI=1S/C12H16.C7H8O2.C2H6/c1-3-7-11(8-4-1)12-9-5-2-6-10-12;1-5-2-3-6(8)7(9)4-5;1-2/h1,3-4,7-8,12H,2,5-6,9-10H2;2-4,8-9H,1H3;1-2H3. The summed E-state index contributed by atoms with van der Waals surface area (Å²) in [6, 6.07) is 15.7. The van der Waals surface area contributed by atoms with E-state index >= 15 is 0 Å². The van der Waals surface area contributed by atoms with E-state index in [-0.39, 0.29) is 11.5 Å². The number of phenols is 2. The smallest absolute Gasteiger partial charge is 0.157 e. The maximum atomic E-state index is 8.85. The molecule has 0 bridgehead atoms. The van der Waals surface area contributed by atoms with Gasteiger partial charge in [-0.3, -0.25) is 0 Å². The minimum atomic E-state index is -0.0689. The molecular weight excluding hydrogens is 284 g/mol. The van der Waals surface area contributed by atoms with Gasteiger partial charge in [0.15, 0.2) is 11.5 Å². The summed E-state index contributed by atoms with van der Waals surface area (Å²) in [4.78, 5) is 0. The molecule has 0 aromatic heterocycles. The van der Waals surface area contributed by atoms with Crippen LogP contribution in [0.3, 0.4) is 0 Å². The molecule has 23 heavy (non-hydrogen) atoms. The molecule has 1 aliphatic carbocycles. The van der Waals surface area contributed by atoms with Crippen molar-refractivity contribution < 1.29 is 10.2 Å². The summed E-state index contributed by atoms with van der Waals surface area (Å²) in [6.45, 7) is 5.85. The maximum Gasteiger partial charge on any atom is 0.157 e. The molecule has 1 aliphatic rings. The number of aryl methyl sites for hydroxylation is 1. The van der Waals surface area contributed by atoms with E-state index in [2.05, 4.69) is 30.3 Å². The highest BCUT2D eigenvalue weighted by Gasteiger charge is 2.14. The first-order valence-corrected chi connectivity index (χ1v) is 8.70. The SMILES string of the molecule is CC.Cc1ccc(O)c(O)c1.c1ccc(C2CCCCC2)cc1. The van der Waals surface area contributed by atoms with Gasteiger partial charge in [0.2, 0.25) is 0 Å². The first-order valence-electron chi connectivity index (χ1n) is 8.70. The molecule has 0 spiro atoms. The van der Waals surface area contributed by atoms with E-state index in [1.165, 1.54) is 44.2 Å². The van der Waals surface area contributed by atoms with E-state index < -0.39 is 0 Å². The van der Waals surface area contributed by atoms with Crippen molar-refractivity contribution >= 4 is 0 Å². The van der Waals surface area contributed by atoms with E-state index in [1.807, 2.05) is 20.8 Å². The lowest BCUT2D eigenvalue weighted by Gasteiger charge is -2.21. The Morgan fingerprint density at radius 1 is 0.783 bits per heavy atom. The molecule has 0 unspecified atom stereocenters. The zero-order chi connectivity index (χ0) is 17.1. The third kappa shape index (κ3) is 6.77. The van der Waals surface area contributed by atoms with Crippen LogP contribution in [0.1, 0.15) is 63.0 Å². The van der Waals surface area contributed by atoms with Crippen molar-refractivity contribution in [2.24, 2.45) is 0 Å². The molecule has 2 aromatic carbocycles. The Bertz CT molecular complexity index is 543. The van der Waals surface area contributed by atoms with Crippen molar-refractivity contribution in [2.45, 2.75) is 58.8 Å². The fourth-order valence-electron chi connectivity index (χ4n) is 2.79. The van der Waals surface area contributed by atoms with Gasteiger partial charge in [-0.25, -0.2) is 0 Å². The summed E-state index contributed by atoms with van der Waals surface area (Å²) in [6.07, 6.45) is 7.12. The summed E-state index contributed by atoms with van der Waals surface area (Å²) in [5.41, 5.74) is 2.49. The van der Waals surface area contributed by atoms with Crippen LogP contribution in [-0.2, 0) is 0 Å². The Hall–Kier alpha value is -1.96. The summed E-state index contributed by atoms with van der Waals surface area (Å²) in [5.74, 6) is 0.732. The average Bonchev–Trinajstić information content (AvgIpc) is 2.62. The van der Waals surface area contributed by atoms with Gasteiger partial charge in [-0.1, -0.05) is 69.5 Å². The molecule has 0 saturated heterocycles. The van der Waals surface area contributed by atoms with Gasteiger partial charge in [0, 0.05) is 0 Å². The minimum Gasteiger partial charge on any atom is -0.504 e. The van der Waals surface area contributed by atoms with Crippen LogP contribution in [0, 0.1) is 6.92 Å². The molecule has 0 atom stereocenters. The summed E-state index contributed by atoms with van der Waals surface area (Å²) in [5, 5.41) is 17.6. The molecule has 1 fully saturated rings. The van der Waals surface area contributed by atoms with E-state index in [1.54, 1.807) is 11.6 Å². The Labute approximate surface area is 140 Å². The van der Waals surface area contributed by atoms with Crippen LogP contribution < -0.4 is 0 Å². The van der Waals surface area contributed by atoms with Crippen molar-refractivity contribution in [3.63, 3.8) is 0 Å². The molecule has 0 heterocycles. The van der Waals surface area contributed by atoms with Gasteiger partial charge in [0.1, 0.15) is 0 Å². The third-order valence-corrected chi connectivity index (χ3v) is 4.01. The summed E-state index contributed by atoms with van der Waals surface area (Å²) in [7, 11) is 0. The van der Waals surface area contributed by atoms with E-state index in [4.69, 9.17) is 10.2 Å². The Kier molecular flexibility index (Phi) is 8.89. The number of phenolic OH excluding ortho intramolecular Hbond substituents is 2. The highest BCUT2D eigenvalue weighted by atomic mass is 16.3. The first kappa shape index (κ1) is 19.1. The molecule has 3 rings (SSSR count). The number of hydrogen-bond acceptors (Lipinski definition) is 2. The monoisotopic (exact) mass is 314 g/mol. The van der Waals surface area contributed by atoms with Gasteiger partial charge in [0.05, 0.1) is 0 Å². The fraction of sp³-hybridized carbons (Fsp3) is 0.429. The lowest BCUT2D eigenvalue weighted by molar-refractivity contribution is 0.403. The van der Waals surface area contributed by atoms with Gasteiger partial charge in [-0.2, -0.15) is 0 Å². The van der Waals surface area contributed by atoms with Crippen LogP contribution in [0.15, 0.2) is 48.5 Å². The molecule has 2 aromatic rings. The predicted octanol–water partition coefficient (Wildman–Crippen LogP) is 6.17. The summed E-state index contributed by atoms with van der Waals surface area (Å²) >= 11 is 0. The average molecular weight is 314 g/mol. The zero-order valence-corrected chi connectivity index (χ0v) is 14.6.